The van der Waals surface area contributed by atoms with Gasteiger partial charge in [0.25, 0.3) is 0 Å². The molecule has 1 nitrogen and oxygen atoms in total. The van der Waals surface area contributed by atoms with Crippen LogP contribution >= 0.6 is 0 Å². The van der Waals surface area contributed by atoms with Crippen molar-refractivity contribution >= 4 is 21.5 Å². The Labute approximate surface area is 135 Å². The van der Waals surface area contributed by atoms with Crippen molar-refractivity contribution in [3.8, 4) is 11.8 Å². The van der Waals surface area contributed by atoms with E-state index in [9.17, 15) is 0 Å². The summed E-state index contributed by atoms with van der Waals surface area (Å²) in [5.41, 5.74) is 3.01. The summed E-state index contributed by atoms with van der Waals surface area (Å²) in [5.74, 6) is 6.46. The lowest BCUT2D eigenvalue weighted by molar-refractivity contribution is 1.19. The molecule has 23 heavy (non-hydrogen) atoms. The Morgan fingerprint density at radius 3 is 2.30 bits per heavy atom. The SMILES string of the molecule is Cc1cc(C#Cc2ccc3c(ccc4ccccc43)c2)ccn1. The molecule has 0 saturated carbocycles. The predicted octanol–water partition coefficient (Wildman–Crippen LogP) is 5.10. The third-order valence-electron chi connectivity index (χ3n) is 3.99. The maximum atomic E-state index is 4.20. The molecule has 4 rings (SSSR count). The van der Waals surface area contributed by atoms with Gasteiger partial charge in [-0.15, -0.1) is 0 Å². The highest BCUT2D eigenvalue weighted by Crippen LogP contribution is 2.25. The fourth-order valence-corrected chi connectivity index (χ4v) is 2.86. The van der Waals surface area contributed by atoms with Gasteiger partial charge in [-0.25, -0.2) is 0 Å². The fraction of sp³-hybridized carbons (Fsp3) is 0.0455. The smallest absolute Gasteiger partial charge is 0.0385 e. The van der Waals surface area contributed by atoms with Gasteiger partial charge in [-0.05, 0) is 52.7 Å². The number of benzene rings is 3. The van der Waals surface area contributed by atoms with Crippen LogP contribution in [0.15, 0.2) is 72.9 Å². The van der Waals surface area contributed by atoms with Crippen LogP contribution in [0.5, 0.6) is 0 Å². The van der Waals surface area contributed by atoms with Crippen molar-refractivity contribution < 1.29 is 0 Å². The second-order valence-corrected chi connectivity index (χ2v) is 5.66. The average molecular weight is 293 g/mol. The quantitative estimate of drug-likeness (QED) is 0.325. The van der Waals surface area contributed by atoms with E-state index in [0.717, 1.165) is 16.8 Å². The van der Waals surface area contributed by atoms with Gasteiger partial charge in [0.05, 0.1) is 0 Å². The van der Waals surface area contributed by atoms with Crippen molar-refractivity contribution in [2.24, 2.45) is 0 Å². The van der Waals surface area contributed by atoms with Gasteiger partial charge in [0, 0.05) is 23.0 Å². The average Bonchev–Trinajstić information content (AvgIpc) is 2.59. The van der Waals surface area contributed by atoms with Crippen LogP contribution in [0.3, 0.4) is 0 Å². The maximum Gasteiger partial charge on any atom is 0.0385 e. The van der Waals surface area contributed by atoms with E-state index in [4.69, 9.17) is 0 Å². The summed E-state index contributed by atoms with van der Waals surface area (Å²) >= 11 is 0. The molecule has 1 heterocycles. The summed E-state index contributed by atoms with van der Waals surface area (Å²) in [7, 11) is 0. The minimum atomic E-state index is 0.988. The Morgan fingerprint density at radius 2 is 1.43 bits per heavy atom. The fourth-order valence-electron chi connectivity index (χ4n) is 2.86. The van der Waals surface area contributed by atoms with Crippen LogP contribution in [0.25, 0.3) is 21.5 Å². The van der Waals surface area contributed by atoms with Gasteiger partial charge in [0.1, 0.15) is 0 Å². The Kier molecular flexibility index (Phi) is 3.29. The van der Waals surface area contributed by atoms with Crippen molar-refractivity contribution in [3.63, 3.8) is 0 Å². The minimum absolute atomic E-state index is 0.988. The number of pyridine rings is 1. The summed E-state index contributed by atoms with van der Waals surface area (Å²) in [6, 6.07) is 23.2. The number of hydrogen-bond donors (Lipinski definition) is 0. The molecule has 0 spiro atoms. The van der Waals surface area contributed by atoms with E-state index in [0.29, 0.717) is 0 Å². The molecule has 0 radical (unpaired) electrons. The summed E-state index contributed by atoms with van der Waals surface area (Å²) < 4.78 is 0. The number of rotatable bonds is 0. The van der Waals surface area contributed by atoms with Crippen LogP contribution in [0.1, 0.15) is 16.8 Å². The third-order valence-corrected chi connectivity index (χ3v) is 3.99. The van der Waals surface area contributed by atoms with Crippen molar-refractivity contribution in [3.05, 3.63) is 89.7 Å². The second kappa shape index (κ2) is 5.59. The summed E-state index contributed by atoms with van der Waals surface area (Å²) in [6.45, 7) is 1.98. The first kappa shape index (κ1) is 13.5. The van der Waals surface area contributed by atoms with Crippen LogP contribution < -0.4 is 0 Å². The first-order valence-corrected chi connectivity index (χ1v) is 7.66. The zero-order valence-corrected chi connectivity index (χ0v) is 12.9. The van der Waals surface area contributed by atoms with Crippen molar-refractivity contribution in [2.75, 3.05) is 0 Å². The second-order valence-electron chi connectivity index (χ2n) is 5.66. The molecule has 4 aromatic rings. The molecule has 0 amide bonds. The molecule has 0 fully saturated rings. The highest BCUT2D eigenvalue weighted by atomic mass is 14.6. The molecule has 0 unspecified atom stereocenters. The van der Waals surface area contributed by atoms with E-state index in [2.05, 4.69) is 71.4 Å². The summed E-state index contributed by atoms with van der Waals surface area (Å²) in [4.78, 5) is 4.20. The first-order valence-electron chi connectivity index (χ1n) is 7.66. The monoisotopic (exact) mass is 293 g/mol. The van der Waals surface area contributed by atoms with Gasteiger partial charge >= 0.3 is 0 Å². The largest absolute Gasteiger partial charge is 0.262 e. The molecule has 0 bridgehead atoms. The van der Waals surface area contributed by atoms with E-state index in [1.165, 1.54) is 21.5 Å². The number of aryl methyl sites for hydroxylation is 1. The van der Waals surface area contributed by atoms with Crippen LogP contribution in [0.2, 0.25) is 0 Å². The predicted molar refractivity (Wildman–Crippen MR) is 96.4 cm³/mol. The number of hydrogen-bond acceptors (Lipinski definition) is 1. The van der Waals surface area contributed by atoms with Gasteiger partial charge in [-0.3, -0.25) is 4.98 Å². The summed E-state index contributed by atoms with van der Waals surface area (Å²) in [6.07, 6.45) is 1.80. The molecule has 1 heteroatoms. The van der Waals surface area contributed by atoms with Gasteiger partial charge in [0.15, 0.2) is 0 Å². The van der Waals surface area contributed by atoms with Crippen LogP contribution in [-0.2, 0) is 0 Å². The lowest BCUT2D eigenvalue weighted by Gasteiger charge is -2.04. The molecule has 0 aliphatic rings. The van der Waals surface area contributed by atoms with E-state index < -0.39 is 0 Å². The normalized spacial score (nSPS) is 10.5. The van der Waals surface area contributed by atoms with Gasteiger partial charge in [-0.2, -0.15) is 0 Å². The topological polar surface area (TPSA) is 12.9 Å². The van der Waals surface area contributed by atoms with Crippen molar-refractivity contribution in [2.45, 2.75) is 6.92 Å². The molecule has 0 aliphatic carbocycles. The summed E-state index contributed by atoms with van der Waals surface area (Å²) in [5, 5.41) is 5.05. The Balaban J connectivity index is 1.80. The van der Waals surface area contributed by atoms with Crippen LogP contribution in [0, 0.1) is 18.8 Å². The molecular weight excluding hydrogens is 278 g/mol. The molecular formula is C22H15N. The minimum Gasteiger partial charge on any atom is -0.262 e. The van der Waals surface area contributed by atoms with E-state index >= 15 is 0 Å². The van der Waals surface area contributed by atoms with Gasteiger partial charge in [-0.1, -0.05) is 54.3 Å². The maximum absolute atomic E-state index is 4.20. The Hall–Kier alpha value is -3.11. The molecule has 1 aromatic heterocycles. The number of nitrogens with zero attached hydrogens (tertiary/aromatic N) is 1. The lowest BCUT2D eigenvalue weighted by Crippen LogP contribution is -1.82. The van der Waals surface area contributed by atoms with E-state index in [1.807, 2.05) is 19.1 Å². The van der Waals surface area contributed by atoms with E-state index in [1.54, 1.807) is 6.20 Å². The number of fused-ring (bicyclic) bond motifs is 3. The van der Waals surface area contributed by atoms with Crippen LogP contribution in [-0.4, -0.2) is 4.98 Å². The molecule has 0 N–H and O–H groups in total. The molecule has 3 aromatic carbocycles. The van der Waals surface area contributed by atoms with Crippen molar-refractivity contribution in [1.29, 1.82) is 0 Å². The van der Waals surface area contributed by atoms with Crippen molar-refractivity contribution in [1.82, 2.24) is 4.98 Å². The van der Waals surface area contributed by atoms with Gasteiger partial charge in [0.2, 0.25) is 0 Å². The third kappa shape index (κ3) is 2.67. The molecule has 108 valence electrons. The number of aromatic nitrogens is 1. The first-order chi connectivity index (χ1) is 11.3. The lowest BCUT2D eigenvalue weighted by atomic mass is 10.0. The Bertz CT molecular complexity index is 1080. The highest BCUT2D eigenvalue weighted by molar-refractivity contribution is 6.07. The highest BCUT2D eigenvalue weighted by Gasteiger charge is 2.00. The van der Waals surface area contributed by atoms with E-state index in [-0.39, 0.29) is 0 Å². The zero-order chi connectivity index (χ0) is 15.6. The zero-order valence-electron chi connectivity index (χ0n) is 12.9. The molecule has 0 saturated heterocycles. The molecule has 0 atom stereocenters. The molecule has 0 aliphatic heterocycles. The Morgan fingerprint density at radius 1 is 0.696 bits per heavy atom. The standard InChI is InChI=1S/C22H15N/c1-16-14-18(12-13-23-16)7-6-17-8-11-22-20(15-17)10-9-19-4-2-3-5-21(19)22/h2-5,8-15H,1H3. The van der Waals surface area contributed by atoms with Crippen LogP contribution in [0.4, 0.5) is 0 Å². The van der Waals surface area contributed by atoms with Gasteiger partial charge < -0.3 is 0 Å².